The van der Waals surface area contributed by atoms with Gasteiger partial charge in [-0.15, -0.1) is 0 Å². The van der Waals surface area contributed by atoms with Gasteiger partial charge >= 0.3 is 0 Å². The molecular weight excluding hydrogens is 278 g/mol. The quantitative estimate of drug-likeness (QED) is 0.806. The summed E-state index contributed by atoms with van der Waals surface area (Å²) in [7, 11) is 1.61. The first kappa shape index (κ1) is 15.6. The van der Waals surface area contributed by atoms with Crippen LogP contribution in [0.1, 0.15) is 11.1 Å². The highest BCUT2D eigenvalue weighted by molar-refractivity contribution is 5.91. The van der Waals surface area contributed by atoms with Crippen LogP contribution in [0.25, 0.3) is 6.08 Å². The number of amides is 1. The van der Waals surface area contributed by atoms with Crippen molar-refractivity contribution in [3.05, 3.63) is 65.7 Å². The van der Waals surface area contributed by atoms with Crippen molar-refractivity contribution in [3.8, 4) is 11.5 Å². The summed E-state index contributed by atoms with van der Waals surface area (Å²) in [5, 5.41) is 12.0. The number of benzene rings is 2. The molecule has 0 saturated carbocycles. The Kier molecular flexibility index (Phi) is 5.60. The van der Waals surface area contributed by atoms with Crippen molar-refractivity contribution in [2.24, 2.45) is 0 Å². The molecular formula is C18H19NO3. The number of phenolic OH excluding ortho intramolecular Hbond substituents is 1. The Labute approximate surface area is 130 Å². The molecule has 0 atom stereocenters. The molecule has 0 aliphatic rings. The van der Waals surface area contributed by atoms with Gasteiger partial charge in [-0.3, -0.25) is 4.79 Å². The first-order chi connectivity index (χ1) is 10.7. The van der Waals surface area contributed by atoms with Crippen LogP contribution >= 0.6 is 0 Å². The first-order valence-electron chi connectivity index (χ1n) is 7.05. The zero-order valence-corrected chi connectivity index (χ0v) is 12.5. The van der Waals surface area contributed by atoms with E-state index in [9.17, 15) is 9.90 Å². The van der Waals surface area contributed by atoms with Crippen molar-refractivity contribution in [3.63, 3.8) is 0 Å². The van der Waals surface area contributed by atoms with E-state index in [0.29, 0.717) is 6.54 Å². The molecule has 4 nitrogen and oxygen atoms in total. The molecule has 0 saturated heterocycles. The molecule has 0 aliphatic carbocycles. The van der Waals surface area contributed by atoms with Crippen LogP contribution in [0, 0.1) is 0 Å². The predicted molar refractivity (Wildman–Crippen MR) is 86.8 cm³/mol. The van der Waals surface area contributed by atoms with Gasteiger partial charge in [-0.05, 0) is 47.9 Å². The number of carbonyl (C=O) groups is 1. The molecule has 0 bridgehead atoms. The summed E-state index contributed by atoms with van der Waals surface area (Å²) in [6, 6.07) is 14.5. The molecule has 22 heavy (non-hydrogen) atoms. The van der Waals surface area contributed by atoms with Crippen molar-refractivity contribution in [1.82, 2.24) is 5.32 Å². The Morgan fingerprint density at radius 1 is 1.23 bits per heavy atom. The van der Waals surface area contributed by atoms with Gasteiger partial charge in [0, 0.05) is 12.6 Å². The van der Waals surface area contributed by atoms with E-state index in [1.807, 2.05) is 36.4 Å². The molecule has 2 rings (SSSR count). The normalized spacial score (nSPS) is 10.6. The minimum absolute atomic E-state index is 0.137. The van der Waals surface area contributed by atoms with Crippen LogP contribution in [0.5, 0.6) is 11.5 Å². The fourth-order valence-electron chi connectivity index (χ4n) is 1.97. The molecule has 2 aromatic carbocycles. The van der Waals surface area contributed by atoms with E-state index in [-0.39, 0.29) is 11.7 Å². The Balaban J connectivity index is 1.79. The highest BCUT2D eigenvalue weighted by Gasteiger charge is 1.98. The van der Waals surface area contributed by atoms with Crippen molar-refractivity contribution in [1.29, 1.82) is 0 Å². The third-order valence-corrected chi connectivity index (χ3v) is 3.17. The average Bonchev–Trinajstić information content (AvgIpc) is 2.55. The smallest absolute Gasteiger partial charge is 0.244 e. The van der Waals surface area contributed by atoms with Crippen LogP contribution < -0.4 is 10.1 Å². The number of carbonyl (C=O) groups excluding carboxylic acids is 1. The Bertz CT molecular complexity index is 648. The zero-order chi connectivity index (χ0) is 15.8. The minimum Gasteiger partial charge on any atom is -0.508 e. The van der Waals surface area contributed by atoms with Gasteiger partial charge in [0.05, 0.1) is 7.11 Å². The lowest BCUT2D eigenvalue weighted by Gasteiger charge is -2.03. The van der Waals surface area contributed by atoms with Gasteiger partial charge in [-0.25, -0.2) is 0 Å². The summed E-state index contributed by atoms with van der Waals surface area (Å²) in [5.41, 5.74) is 1.97. The monoisotopic (exact) mass is 297 g/mol. The van der Waals surface area contributed by atoms with E-state index in [2.05, 4.69) is 5.32 Å². The van der Waals surface area contributed by atoms with E-state index >= 15 is 0 Å². The summed E-state index contributed by atoms with van der Waals surface area (Å²) >= 11 is 0. The second kappa shape index (κ2) is 7.88. The third-order valence-electron chi connectivity index (χ3n) is 3.17. The lowest BCUT2D eigenvalue weighted by molar-refractivity contribution is -0.116. The number of nitrogens with one attached hydrogen (secondary N) is 1. The number of aromatic hydroxyl groups is 1. The number of hydrogen-bond acceptors (Lipinski definition) is 3. The SMILES string of the molecule is COc1cccc(/C=C/C(=O)NCCc2ccc(O)cc2)c1. The molecule has 0 radical (unpaired) electrons. The highest BCUT2D eigenvalue weighted by atomic mass is 16.5. The number of phenols is 1. The first-order valence-corrected chi connectivity index (χ1v) is 7.05. The van der Waals surface area contributed by atoms with E-state index in [0.717, 1.165) is 23.3 Å². The largest absolute Gasteiger partial charge is 0.508 e. The summed E-state index contributed by atoms with van der Waals surface area (Å²) in [6.45, 7) is 0.548. The van der Waals surface area contributed by atoms with Crippen LogP contribution in [-0.4, -0.2) is 24.7 Å². The summed E-state index contributed by atoms with van der Waals surface area (Å²) in [5.74, 6) is 0.866. The molecule has 0 spiro atoms. The Morgan fingerprint density at radius 3 is 2.73 bits per heavy atom. The topological polar surface area (TPSA) is 58.6 Å². The third kappa shape index (κ3) is 4.98. The number of methoxy groups -OCH3 is 1. The molecule has 0 aliphatic heterocycles. The van der Waals surface area contributed by atoms with Crippen LogP contribution in [0.2, 0.25) is 0 Å². The fourth-order valence-corrected chi connectivity index (χ4v) is 1.97. The van der Waals surface area contributed by atoms with Crippen molar-refractivity contribution >= 4 is 12.0 Å². The van der Waals surface area contributed by atoms with Crippen molar-refractivity contribution < 1.29 is 14.6 Å². The van der Waals surface area contributed by atoms with Crippen molar-refractivity contribution in [2.45, 2.75) is 6.42 Å². The average molecular weight is 297 g/mol. The molecule has 4 heteroatoms. The fraction of sp³-hybridized carbons (Fsp3) is 0.167. The standard InChI is InChI=1S/C18H19NO3/c1-22-17-4-2-3-15(13-17)7-10-18(21)19-12-11-14-5-8-16(20)9-6-14/h2-10,13,20H,11-12H2,1H3,(H,19,21)/b10-7+. The molecule has 0 aromatic heterocycles. The number of ether oxygens (including phenoxy) is 1. The summed E-state index contributed by atoms with van der Waals surface area (Å²) < 4.78 is 5.13. The highest BCUT2D eigenvalue weighted by Crippen LogP contribution is 2.13. The van der Waals surface area contributed by atoms with Crippen molar-refractivity contribution in [2.75, 3.05) is 13.7 Å². The lowest BCUT2D eigenvalue weighted by atomic mass is 10.1. The van der Waals surface area contributed by atoms with Gasteiger partial charge < -0.3 is 15.2 Å². The zero-order valence-electron chi connectivity index (χ0n) is 12.5. The molecule has 2 aromatic rings. The van der Waals surface area contributed by atoms with Crippen LogP contribution in [0.4, 0.5) is 0 Å². The van der Waals surface area contributed by atoms with E-state index < -0.39 is 0 Å². The van der Waals surface area contributed by atoms with Gasteiger partial charge in [0.1, 0.15) is 11.5 Å². The van der Waals surface area contributed by atoms with Gasteiger partial charge in [0.15, 0.2) is 0 Å². The maximum Gasteiger partial charge on any atom is 0.244 e. The second-order valence-electron chi connectivity index (χ2n) is 4.82. The van der Waals surface area contributed by atoms with Gasteiger partial charge in [-0.1, -0.05) is 24.3 Å². The molecule has 0 heterocycles. The maximum atomic E-state index is 11.7. The maximum absolute atomic E-state index is 11.7. The summed E-state index contributed by atoms with van der Waals surface area (Å²) in [4.78, 5) is 11.7. The predicted octanol–water partition coefficient (Wildman–Crippen LogP) is 2.77. The Morgan fingerprint density at radius 2 is 2.00 bits per heavy atom. The second-order valence-corrected chi connectivity index (χ2v) is 4.82. The van der Waals surface area contributed by atoms with E-state index in [4.69, 9.17) is 4.74 Å². The lowest BCUT2D eigenvalue weighted by Crippen LogP contribution is -2.23. The van der Waals surface area contributed by atoms with E-state index in [1.165, 1.54) is 6.08 Å². The number of hydrogen-bond donors (Lipinski definition) is 2. The van der Waals surface area contributed by atoms with Crippen LogP contribution in [-0.2, 0) is 11.2 Å². The molecule has 0 unspecified atom stereocenters. The van der Waals surface area contributed by atoms with Gasteiger partial charge in [0.25, 0.3) is 0 Å². The Hall–Kier alpha value is -2.75. The molecule has 2 N–H and O–H groups in total. The van der Waals surface area contributed by atoms with Gasteiger partial charge in [0.2, 0.25) is 5.91 Å². The van der Waals surface area contributed by atoms with Crippen LogP contribution in [0.3, 0.4) is 0 Å². The number of rotatable bonds is 6. The van der Waals surface area contributed by atoms with Crippen LogP contribution in [0.15, 0.2) is 54.6 Å². The molecule has 0 fully saturated rings. The van der Waals surface area contributed by atoms with Gasteiger partial charge in [-0.2, -0.15) is 0 Å². The van der Waals surface area contributed by atoms with E-state index in [1.54, 1.807) is 25.3 Å². The minimum atomic E-state index is -0.137. The molecule has 114 valence electrons. The molecule has 1 amide bonds. The summed E-state index contributed by atoms with van der Waals surface area (Å²) in [6.07, 6.45) is 3.98.